The van der Waals surface area contributed by atoms with Crippen molar-refractivity contribution in [3.63, 3.8) is 0 Å². The van der Waals surface area contributed by atoms with Crippen LogP contribution in [0.15, 0.2) is 65.3 Å². The highest BCUT2D eigenvalue weighted by molar-refractivity contribution is 7.89. The van der Waals surface area contributed by atoms with Gasteiger partial charge in [0.05, 0.1) is 29.1 Å². The largest absolute Gasteiger partial charge is 0.361 e. The maximum Gasteiger partial charge on any atom is 0.234 e. The van der Waals surface area contributed by atoms with Crippen molar-refractivity contribution in [1.82, 2.24) is 24.7 Å². The number of hydrogen-bond donors (Lipinski definition) is 2. The minimum atomic E-state index is -3.11. The third-order valence-electron chi connectivity index (χ3n) is 6.14. The van der Waals surface area contributed by atoms with Crippen LogP contribution in [0.5, 0.6) is 0 Å². The van der Waals surface area contributed by atoms with Crippen LogP contribution < -0.4 is 15.5 Å². The highest BCUT2D eigenvalue weighted by atomic mass is 32.2. The van der Waals surface area contributed by atoms with Crippen molar-refractivity contribution in [2.45, 2.75) is 19.1 Å². The number of fused-ring (bicyclic) bond motifs is 1. The van der Waals surface area contributed by atoms with Gasteiger partial charge in [-0.05, 0) is 42.8 Å². The number of imidazole rings is 1. The highest BCUT2D eigenvalue weighted by Crippen LogP contribution is 2.31. The van der Waals surface area contributed by atoms with Gasteiger partial charge in [-0.2, -0.15) is 4.98 Å². The number of carbonyl (C=O) groups is 1. The van der Waals surface area contributed by atoms with Gasteiger partial charge >= 0.3 is 0 Å². The number of nitrogens with one attached hydrogen (secondary N) is 2. The Morgan fingerprint density at radius 3 is 2.58 bits per heavy atom. The Hall–Kier alpha value is -4.78. The Kier molecular flexibility index (Phi) is 7.22. The van der Waals surface area contributed by atoms with Crippen molar-refractivity contribution >= 4 is 55.9 Å². The van der Waals surface area contributed by atoms with Gasteiger partial charge in [0.15, 0.2) is 9.84 Å². The molecule has 0 unspecified atom stereocenters. The summed E-state index contributed by atoms with van der Waals surface area (Å²) in [6.45, 7) is 1.80. The van der Waals surface area contributed by atoms with Crippen LogP contribution in [0.2, 0.25) is 0 Å². The summed E-state index contributed by atoms with van der Waals surface area (Å²) in [7, 11) is 0.600. The number of carbonyl (C=O) groups excluding carboxylic acids is 1. The van der Waals surface area contributed by atoms with Crippen molar-refractivity contribution in [2.75, 3.05) is 28.8 Å². The molecule has 0 aliphatic rings. The highest BCUT2D eigenvalue weighted by Gasteiger charge is 2.18. The molecule has 0 bridgehead atoms. The monoisotopic (exact) mass is 560 g/mol. The summed E-state index contributed by atoms with van der Waals surface area (Å²) in [6.07, 6.45) is 2.90. The Balaban J connectivity index is 1.35. The predicted octanol–water partition coefficient (Wildman–Crippen LogP) is 3.90. The summed E-state index contributed by atoms with van der Waals surface area (Å²) < 4.78 is 30.0. The minimum absolute atomic E-state index is 0.0182. The lowest BCUT2D eigenvalue weighted by molar-refractivity contribution is -0.115. The fourth-order valence-electron chi connectivity index (χ4n) is 4.24. The molecule has 0 aliphatic carbocycles. The lowest BCUT2D eigenvalue weighted by Gasteiger charge is -2.19. The minimum Gasteiger partial charge on any atom is -0.361 e. The number of hydrogen-bond acceptors (Lipinski definition) is 10. The molecule has 206 valence electrons. The van der Waals surface area contributed by atoms with Gasteiger partial charge in [0.1, 0.15) is 17.1 Å². The van der Waals surface area contributed by atoms with Crippen molar-refractivity contribution in [3.05, 3.63) is 77.8 Å². The summed E-state index contributed by atoms with van der Waals surface area (Å²) in [6, 6.07) is 16.3. The molecular weight excluding hydrogens is 532 g/mol. The van der Waals surface area contributed by atoms with Crippen LogP contribution >= 0.6 is 0 Å². The lowest BCUT2D eigenvalue weighted by Crippen LogP contribution is -2.16. The maximum absolute atomic E-state index is 12.6. The third-order valence-corrected chi connectivity index (χ3v) is 7.00. The molecule has 0 fully saturated rings. The van der Waals surface area contributed by atoms with Crippen LogP contribution in [0.4, 0.5) is 29.1 Å². The van der Waals surface area contributed by atoms with Gasteiger partial charge in [-0.1, -0.05) is 23.4 Å². The first-order valence-corrected chi connectivity index (χ1v) is 14.4. The topological polar surface area (TPSA) is 148 Å². The first-order chi connectivity index (χ1) is 19.1. The van der Waals surface area contributed by atoms with Gasteiger partial charge < -0.3 is 19.3 Å². The molecule has 5 aromatic rings. The van der Waals surface area contributed by atoms with Crippen LogP contribution in [0.25, 0.3) is 11.0 Å². The zero-order valence-electron chi connectivity index (χ0n) is 22.4. The molecule has 0 spiro atoms. The molecule has 0 aliphatic heterocycles. The van der Waals surface area contributed by atoms with Crippen molar-refractivity contribution in [2.24, 2.45) is 7.05 Å². The van der Waals surface area contributed by atoms with E-state index < -0.39 is 9.84 Å². The van der Waals surface area contributed by atoms with Crippen LogP contribution in [0.1, 0.15) is 17.0 Å². The van der Waals surface area contributed by atoms with E-state index in [0.717, 1.165) is 16.9 Å². The number of nitrogens with zero attached hydrogens (tertiary/aromatic N) is 6. The summed E-state index contributed by atoms with van der Waals surface area (Å²) in [5.74, 6) is 1.60. The molecule has 0 atom stereocenters. The van der Waals surface area contributed by atoms with E-state index >= 15 is 0 Å². The number of anilines is 5. The van der Waals surface area contributed by atoms with Gasteiger partial charge in [-0.15, -0.1) is 0 Å². The lowest BCUT2D eigenvalue weighted by atomic mass is 10.2. The Labute approximate surface area is 231 Å². The quantitative estimate of drug-likeness (QED) is 0.272. The van der Waals surface area contributed by atoms with Crippen LogP contribution in [0.3, 0.4) is 0 Å². The molecule has 0 radical (unpaired) electrons. The van der Waals surface area contributed by atoms with E-state index in [1.165, 1.54) is 6.26 Å². The number of sulfone groups is 1. The summed E-state index contributed by atoms with van der Waals surface area (Å²) >= 11 is 0. The van der Waals surface area contributed by atoms with Gasteiger partial charge in [-0.3, -0.25) is 10.1 Å². The van der Waals surface area contributed by atoms with E-state index in [-0.39, 0.29) is 18.1 Å². The molecule has 40 heavy (non-hydrogen) atoms. The zero-order chi connectivity index (χ0) is 28.4. The maximum atomic E-state index is 12.6. The van der Waals surface area contributed by atoms with E-state index in [1.807, 2.05) is 41.8 Å². The average Bonchev–Trinajstić information content (AvgIpc) is 3.46. The van der Waals surface area contributed by atoms with Gasteiger partial charge in [-0.25, -0.2) is 18.4 Å². The smallest absolute Gasteiger partial charge is 0.234 e. The zero-order valence-corrected chi connectivity index (χ0v) is 23.2. The molecule has 3 aromatic heterocycles. The van der Waals surface area contributed by atoms with E-state index in [4.69, 9.17) is 9.51 Å². The molecule has 0 saturated heterocycles. The Morgan fingerprint density at radius 2 is 1.88 bits per heavy atom. The first kappa shape index (κ1) is 26.8. The SMILES string of the molecule is Cc1cc(CC(=O)Nc2nc3c(N(C)c4ccnc(Nc5ccc(CS(C)(=O)=O)cc5)n4)cccc3n2C)on1. The molecule has 0 saturated carbocycles. The average molecular weight is 561 g/mol. The fraction of sp³-hybridized carbons (Fsp3) is 0.222. The van der Waals surface area contributed by atoms with Crippen molar-refractivity contribution < 1.29 is 17.7 Å². The van der Waals surface area contributed by atoms with E-state index in [9.17, 15) is 13.2 Å². The molecule has 5 rings (SSSR count). The van der Waals surface area contributed by atoms with Crippen LogP contribution in [0, 0.1) is 6.92 Å². The normalized spacial score (nSPS) is 11.5. The van der Waals surface area contributed by atoms with E-state index in [2.05, 4.69) is 25.8 Å². The van der Waals surface area contributed by atoms with Crippen LogP contribution in [-0.4, -0.2) is 52.3 Å². The second kappa shape index (κ2) is 10.8. The molecule has 1 amide bonds. The number of aryl methyl sites for hydroxylation is 2. The van der Waals surface area contributed by atoms with Gasteiger partial charge in [0, 0.05) is 38.3 Å². The number of rotatable bonds is 9. The molecular formula is C27H28N8O4S. The van der Waals surface area contributed by atoms with E-state index in [0.29, 0.717) is 40.2 Å². The molecule has 12 nitrogen and oxygen atoms in total. The summed E-state index contributed by atoms with van der Waals surface area (Å²) in [4.78, 5) is 28.2. The van der Waals surface area contributed by atoms with Gasteiger partial charge in [0.2, 0.25) is 17.8 Å². The van der Waals surface area contributed by atoms with Crippen LogP contribution in [-0.2, 0) is 33.9 Å². The number of benzene rings is 2. The second-order valence-electron chi connectivity index (χ2n) is 9.49. The first-order valence-electron chi connectivity index (χ1n) is 12.3. The molecule has 2 N–H and O–H groups in total. The third kappa shape index (κ3) is 6.10. The number of amides is 1. The fourth-order valence-corrected chi connectivity index (χ4v) is 5.04. The van der Waals surface area contributed by atoms with Crippen molar-refractivity contribution in [1.29, 1.82) is 0 Å². The predicted molar refractivity (Wildman–Crippen MR) is 153 cm³/mol. The summed E-state index contributed by atoms with van der Waals surface area (Å²) in [5.41, 5.74) is 4.45. The Morgan fingerprint density at radius 1 is 1.10 bits per heavy atom. The van der Waals surface area contributed by atoms with Crippen molar-refractivity contribution in [3.8, 4) is 0 Å². The Bertz CT molecular complexity index is 1800. The summed E-state index contributed by atoms with van der Waals surface area (Å²) in [5, 5.41) is 9.83. The number of aromatic nitrogens is 5. The number of para-hydroxylation sites is 1. The van der Waals surface area contributed by atoms with Gasteiger partial charge in [0.25, 0.3) is 0 Å². The second-order valence-corrected chi connectivity index (χ2v) is 11.6. The molecule has 13 heteroatoms. The van der Waals surface area contributed by atoms with E-state index in [1.54, 1.807) is 49.5 Å². The molecule has 3 heterocycles. The molecule has 2 aromatic carbocycles. The standard InChI is InChI=1S/C27H28N8O4S/c1-17-14-20(39-33-17)15-24(36)31-27-32-25-21(6-5-7-22(25)35(27)3)34(2)23-12-13-28-26(30-23)29-19-10-8-18(9-11-19)16-40(4,37)38/h5-14H,15-16H2,1-4H3,(H,28,29,30)(H,31,32,36).